The topological polar surface area (TPSA) is 63.6 Å². The van der Waals surface area contributed by atoms with Crippen molar-refractivity contribution in [3.8, 4) is 0 Å². The fourth-order valence-corrected chi connectivity index (χ4v) is 9.73. The first-order chi connectivity index (χ1) is 20.8. The third-order valence-electron chi connectivity index (χ3n) is 12.6. The van der Waals surface area contributed by atoms with Crippen LogP contribution in [-0.4, -0.2) is 29.1 Å². The SMILES string of the molecule is CCCCCCCCCCCCCCCCCCCC(=O)O[C@H]1CC[C@@]2(C)C(=CC(O)C3C2CC[C@]2(C)C(=O)CCC32)C1. The molecule has 0 saturated heterocycles. The Bertz CT molecular complexity index is 909. The molecule has 4 nitrogen and oxygen atoms in total. The van der Waals surface area contributed by atoms with Crippen LogP contribution < -0.4 is 0 Å². The first-order valence-electron chi connectivity index (χ1n) is 18.9. The molecule has 4 aliphatic rings. The van der Waals surface area contributed by atoms with E-state index in [0.29, 0.717) is 30.5 Å². The summed E-state index contributed by atoms with van der Waals surface area (Å²) in [5.74, 6) is 1.31. The van der Waals surface area contributed by atoms with Gasteiger partial charge in [0.05, 0.1) is 6.10 Å². The third kappa shape index (κ3) is 8.98. The Morgan fingerprint density at radius 2 is 1.28 bits per heavy atom. The van der Waals surface area contributed by atoms with E-state index < -0.39 is 6.10 Å². The molecule has 0 aromatic heterocycles. The fourth-order valence-electron chi connectivity index (χ4n) is 9.73. The van der Waals surface area contributed by atoms with Crippen LogP contribution >= 0.6 is 0 Å². The van der Waals surface area contributed by atoms with Crippen LogP contribution in [0.2, 0.25) is 0 Å². The Kier molecular flexibility index (Phi) is 13.7. The van der Waals surface area contributed by atoms with Crippen molar-refractivity contribution in [1.82, 2.24) is 0 Å². The van der Waals surface area contributed by atoms with E-state index in [0.717, 1.165) is 51.4 Å². The molecular weight excluding hydrogens is 532 g/mol. The van der Waals surface area contributed by atoms with Gasteiger partial charge in [0.15, 0.2) is 0 Å². The lowest BCUT2D eigenvalue weighted by Crippen LogP contribution is -2.54. The Morgan fingerprint density at radius 1 is 0.767 bits per heavy atom. The van der Waals surface area contributed by atoms with Gasteiger partial charge in [-0.05, 0) is 61.7 Å². The zero-order chi connectivity index (χ0) is 30.7. The average Bonchev–Trinajstić information content (AvgIpc) is 3.29. The Morgan fingerprint density at radius 3 is 1.86 bits per heavy atom. The number of ketones is 1. The second-order valence-corrected chi connectivity index (χ2v) is 15.6. The number of aliphatic hydroxyl groups is 1. The summed E-state index contributed by atoms with van der Waals surface area (Å²) >= 11 is 0. The largest absolute Gasteiger partial charge is 0.462 e. The van der Waals surface area contributed by atoms with Gasteiger partial charge < -0.3 is 9.84 Å². The first kappa shape index (κ1) is 34.7. The minimum atomic E-state index is -0.479. The summed E-state index contributed by atoms with van der Waals surface area (Å²) in [5.41, 5.74) is 1.13. The van der Waals surface area contributed by atoms with Gasteiger partial charge in [0.25, 0.3) is 0 Å². The van der Waals surface area contributed by atoms with Crippen molar-refractivity contribution in [2.75, 3.05) is 0 Å². The number of rotatable bonds is 19. The van der Waals surface area contributed by atoms with Crippen LogP contribution in [0.5, 0.6) is 0 Å². The Balaban J connectivity index is 1.04. The van der Waals surface area contributed by atoms with E-state index in [4.69, 9.17) is 4.74 Å². The molecule has 246 valence electrons. The standard InChI is InChI=1S/C39H66O4/c1-4-5-6-7-8-9-10-11-12-13-14-15-16-17-18-19-20-21-36(42)43-31-24-26-38(2)30(28-31)29-34(40)37-32-22-23-35(41)39(32,3)27-25-33(37)38/h29,31-34,37,40H,4-28H2,1-3H3/t31-,32?,33?,34?,37?,38-,39-/m0/s1. The molecule has 0 aliphatic heterocycles. The summed E-state index contributed by atoms with van der Waals surface area (Å²) < 4.78 is 5.98. The molecule has 0 bridgehead atoms. The second-order valence-electron chi connectivity index (χ2n) is 15.6. The van der Waals surface area contributed by atoms with Crippen LogP contribution in [0.15, 0.2) is 11.6 Å². The predicted molar refractivity (Wildman–Crippen MR) is 177 cm³/mol. The Hall–Kier alpha value is -1.16. The molecule has 0 radical (unpaired) electrons. The van der Waals surface area contributed by atoms with Crippen molar-refractivity contribution in [2.45, 2.75) is 193 Å². The van der Waals surface area contributed by atoms with E-state index in [1.165, 1.54) is 102 Å². The molecule has 7 atom stereocenters. The normalized spacial score (nSPS) is 33.4. The number of esters is 1. The van der Waals surface area contributed by atoms with Crippen molar-refractivity contribution >= 4 is 11.8 Å². The molecule has 43 heavy (non-hydrogen) atoms. The molecule has 4 aliphatic carbocycles. The van der Waals surface area contributed by atoms with Crippen molar-refractivity contribution in [3.63, 3.8) is 0 Å². The van der Waals surface area contributed by atoms with Crippen molar-refractivity contribution in [2.24, 2.45) is 28.6 Å². The number of carbonyl (C=O) groups excluding carboxylic acids is 2. The first-order valence-corrected chi connectivity index (χ1v) is 18.9. The van der Waals surface area contributed by atoms with Gasteiger partial charge in [-0.1, -0.05) is 135 Å². The van der Waals surface area contributed by atoms with Crippen LogP contribution in [0, 0.1) is 28.6 Å². The van der Waals surface area contributed by atoms with Gasteiger partial charge in [-0.3, -0.25) is 9.59 Å². The summed E-state index contributed by atoms with van der Waals surface area (Å²) in [6.45, 7) is 6.83. The predicted octanol–water partition coefficient (Wildman–Crippen LogP) is 10.4. The highest BCUT2D eigenvalue weighted by Crippen LogP contribution is 2.64. The van der Waals surface area contributed by atoms with Gasteiger partial charge in [-0.25, -0.2) is 0 Å². The molecule has 0 aromatic carbocycles. The van der Waals surface area contributed by atoms with Crippen LogP contribution in [0.25, 0.3) is 0 Å². The fraction of sp³-hybridized carbons (Fsp3) is 0.897. The molecule has 4 heteroatoms. The molecular formula is C39H66O4. The number of aliphatic hydroxyl groups excluding tert-OH is 1. The van der Waals surface area contributed by atoms with Crippen molar-refractivity contribution in [1.29, 1.82) is 0 Å². The van der Waals surface area contributed by atoms with Gasteiger partial charge in [-0.2, -0.15) is 0 Å². The van der Waals surface area contributed by atoms with Crippen LogP contribution in [0.4, 0.5) is 0 Å². The molecule has 0 spiro atoms. The Labute approximate surface area is 264 Å². The molecule has 0 aromatic rings. The monoisotopic (exact) mass is 598 g/mol. The zero-order valence-electron chi connectivity index (χ0n) is 28.3. The third-order valence-corrected chi connectivity index (χ3v) is 12.6. The number of unbranched alkanes of at least 4 members (excludes halogenated alkanes) is 16. The zero-order valence-corrected chi connectivity index (χ0v) is 28.3. The van der Waals surface area contributed by atoms with Gasteiger partial charge in [0, 0.05) is 24.7 Å². The molecule has 3 fully saturated rings. The van der Waals surface area contributed by atoms with Crippen molar-refractivity contribution in [3.05, 3.63) is 11.6 Å². The lowest BCUT2D eigenvalue weighted by molar-refractivity contribution is -0.152. The highest BCUT2D eigenvalue weighted by molar-refractivity contribution is 5.87. The maximum absolute atomic E-state index is 12.7. The average molecular weight is 599 g/mol. The van der Waals surface area contributed by atoms with Gasteiger partial charge in [-0.15, -0.1) is 0 Å². The van der Waals surface area contributed by atoms with Gasteiger partial charge in [0.2, 0.25) is 0 Å². The van der Waals surface area contributed by atoms with E-state index in [1.54, 1.807) is 0 Å². The molecule has 4 unspecified atom stereocenters. The summed E-state index contributed by atoms with van der Waals surface area (Å²) in [6.07, 6.45) is 31.2. The van der Waals surface area contributed by atoms with E-state index in [-0.39, 0.29) is 28.8 Å². The van der Waals surface area contributed by atoms with Crippen molar-refractivity contribution < 1.29 is 19.4 Å². The van der Waals surface area contributed by atoms with Gasteiger partial charge in [0.1, 0.15) is 11.9 Å². The van der Waals surface area contributed by atoms with Crippen LogP contribution in [0.1, 0.15) is 181 Å². The number of fused-ring (bicyclic) bond motifs is 5. The number of hydrogen-bond acceptors (Lipinski definition) is 4. The molecule has 0 heterocycles. The number of Topliss-reactive ketones (excluding diaryl/α,β-unsaturated/α-hetero) is 1. The lowest BCUT2D eigenvalue weighted by Gasteiger charge is -2.58. The minimum Gasteiger partial charge on any atom is -0.462 e. The molecule has 1 N–H and O–H groups in total. The second kappa shape index (κ2) is 17.0. The molecule has 3 saturated carbocycles. The summed E-state index contributed by atoms with van der Waals surface area (Å²) in [6, 6.07) is 0. The molecule has 0 amide bonds. The number of hydrogen-bond donors (Lipinski definition) is 1. The summed E-state index contributed by atoms with van der Waals surface area (Å²) in [7, 11) is 0. The summed E-state index contributed by atoms with van der Waals surface area (Å²) in [4.78, 5) is 25.4. The van der Waals surface area contributed by atoms with Crippen LogP contribution in [0.3, 0.4) is 0 Å². The molecule has 4 rings (SSSR count). The van der Waals surface area contributed by atoms with E-state index in [9.17, 15) is 14.7 Å². The number of ether oxygens (including phenoxy) is 1. The van der Waals surface area contributed by atoms with E-state index >= 15 is 0 Å². The van der Waals surface area contributed by atoms with Crippen LogP contribution in [-0.2, 0) is 14.3 Å². The highest BCUT2D eigenvalue weighted by atomic mass is 16.5. The summed E-state index contributed by atoms with van der Waals surface area (Å²) in [5, 5.41) is 11.3. The maximum atomic E-state index is 12.7. The van der Waals surface area contributed by atoms with E-state index in [1.807, 2.05) is 0 Å². The quantitative estimate of drug-likeness (QED) is 0.0912. The minimum absolute atomic E-state index is 0.0395. The van der Waals surface area contributed by atoms with E-state index in [2.05, 4.69) is 26.8 Å². The van der Waals surface area contributed by atoms with Gasteiger partial charge >= 0.3 is 5.97 Å². The lowest BCUT2D eigenvalue weighted by atomic mass is 9.47. The smallest absolute Gasteiger partial charge is 0.306 e. The maximum Gasteiger partial charge on any atom is 0.306 e. The number of carbonyl (C=O) groups is 2. The highest BCUT2D eigenvalue weighted by Gasteiger charge is 2.60.